The van der Waals surface area contributed by atoms with Gasteiger partial charge in [-0.15, -0.1) is 6.58 Å². The van der Waals surface area contributed by atoms with Crippen LogP contribution >= 0.6 is 9.39 Å². The second kappa shape index (κ2) is 10.5. The number of hydrogen-bond acceptors (Lipinski definition) is 7. The first-order valence-corrected chi connectivity index (χ1v) is 14.1. The molecule has 9 nitrogen and oxygen atoms in total. The lowest BCUT2D eigenvalue weighted by Crippen LogP contribution is -2.44. The Labute approximate surface area is 231 Å². The number of likely N-dealkylation sites (N-methyl/N-ethyl adjacent to an activating group) is 1. The molecule has 1 aliphatic heterocycles. The molecule has 202 valence electrons. The monoisotopic (exact) mass is 542 g/mol. The van der Waals surface area contributed by atoms with Crippen molar-refractivity contribution in [2.45, 2.75) is 38.6 Å². The molecule has 1 aromatic carbocycles. The fourth-order valence-corrected chi connectivity index (χ4v) is 5.94. The topological polar surface area (TPSA) is 75.3 Å². The molecule has 0 spiro atoms. The van der Waals surface area contributed by atoms with Crippen LogP contribution in [-0.2, 0) is 13.0 Å². The van der Waals surface area contributed by atoms with E-state index in [0.29, 0.717) is 35.3 Å². The molecule has 39 heavy (non-hydrogen) atoms. The van der Waals surface area contributed by atoms with Crippen molar-refractivity contribution in [2.24, 2.45) is 0 Å². The summed E-state index contributed by atoms with van der Waals surface area (Å²) in [5.41, 5.74) is 4.93. The molecule has 4 heterocycles. The highest BCUT2D eigenvalue weighted by molar-refractivity contribution is 7.19. The van der Waals surface area contributed by atoms with Gasteiger partial charge in [-0.05, 0) is 77.5 Å². The van der Waals surface area contributed by atoms with Gasteiger partial charge in [-0.3, -0.25) is 9.46 Å². The van der Waals surface area contributed by atoms with Gasteiger partial charge in [-0.1, -0.05) is 19.1 Å². The van der Waals surface area contributed by atoms with Gasteiger partial charge in [0.25, 0.3) is 5.56 Å². The minimum Gasteiger partial charge on any atom is -0.369 e. The van der Waals surface area contributed by atoms with Gasteiger partial charge < -0.3 is 9.80 Å². The number of aromatic nitrogens is 5. The molecule has 1 saturated heterocycles. The molecule has 0 radical (unpaired) electrons. The van der Waals surface area contributed by atoms with E-state index in [9.17, 15) is 4.79 Å². The largest absolute Gasteiger partial charge is 0.369 e. The van der Waals surface area contributed by atoms with Crippen LogP contribution in [0.1, 0.15) is 36.9 Å². The van der Waals surface area contributed by atoms with E-state index in [-0.39, 0.29) is 5.56 Å². The Kier molecular flexibility index (Phi) is 6.95. The summed E-state index contributed by atoms with van der Waals surface area (Å²) in [5, 5.41) is 0.456. The molecule has 1 aliphatic carbocycles. The number of allylic oxidation sites excluding steroid dienone is 1. The molecule has 10 heteroatoms. The minimum absolute atomic E-state index is 0.157. The van der Waals surface area contributed by atoms with Crippen molar-refractivity contribution in [2.75, 3.05) is 42.8 Å². The highest BCUT2D eigenvalue weighted by Crippen LogP contribution is 2.32. The lowest BCUT2D eigenvalue weighted by Gasteiger charge is -2.34. The van der Waals surface area contributed by atoms with Crippen LogP contribution in [0.25, 0.3) is 16.9 Å². The van der Waals surface area contributed by atoms with E-state index < -0.39 is 0 Å². The van der Waals surface area contributed by atoms with Crippen LogP contribution in [0.15, 0.2) is 60.0 Å². The Morgan fingerprint density at radius 1 is 1.10 bits per heavy atom. The first kappa shape index (κ1) is 25.7. The fourth-order valence-electron chi connectivity index (χ4n) is 5.64. The summed E-state index contributed by atoms with van der Waals surface area (Å²) in [6, 6.07) is 12.6. The summed E-state index contributed by atoms with van der Waals surface area (Å²) in [7, 11) is 4.88. The zero-order valence-corrected chi connectivity index (χ0v) is 23.8. The number of pyridine rings is 1. The van der Waals surface area contributed by atoms with Gasteiger partial charge in [0.1, 0.15) is 5.39 Å². The van der Waals surface area contributed by atoms with Gasteiger partial charge in [0.05, 0.1) is 6.54 Å². The highest BCUT2D eigenvalue weighted by Gasteiger charge is 2.23. The van der Waals surface area contributed by atoms with Crippen molar-refractivity contribution >= 4 is 37.7 Å². The maximum absolute atomic E-state index is 13.4. The maximum Gasteiger partial charge on any atom is 0.278 e. The van der Waals surface area contributed by atoms with Crippen LogP contribution in [0.3, 0.4) is 0 Å². The number of anilines is 3. The predicted octanol–water partition coefficient (Wildman–Crippen LogP) is 4.28. The number of nitrogens with zero attached hydrogens (tertiary/aromatic N) is 8. The van der Waals surface area contributed by atoms with Gasteiger partial charge in [-0.2, -0.15) is 4.98 Å². The zero-order chi connectivity index (χ0) is 27.1. The molecule has 2 aliphatic rings. The van der Waals surface area contributed by atoms with E-state index in [1.807, 2.05) is 15.4 Å². The number of fused-ring (bicyclic) bond motifs is 2. The van der Waals surface area contributed by atoms with E-state index in [1.54, 1.807) is 17.0 Å². The normalized spacial score (nSPS) is 17.8. The molecule has 6 rings (SSSR count). The first-order chi connectivity index (χ1) is 18.9. The molecule has 0 saturated carbocycles. The lowest BCUT2D eigenvalue weighted by molar-refractivity contribution is 0.313. The summed E-state index contributed by atoms with van der Waals surface area (Å²) in [5.74, 6) is 1.56. The average Bonchev–Trinajstić information content (AvgIpc) is 3.24. The van der Waals surface area contributed by atoms with E-state index >= 15 is 0 Å². The van der Waals surface area contributed by atoms with E-state index in [4.69, 9.17) is 9.97 Å². The minimum atomic E-state index is -0.157. The summed E-state index contributed by atoms with van der Waals surface area (Å²) in [6.45, 7) is 10.6. The van der Waals surface area contributed by atoms with E-state index in [0.717, 1.165) is 50.4 Å². The fraction of sp³-hybridized carbons (Fsp3) is 0.379. The van der Waals surface area contributed by atoms with Crippen molar-refractivity contribution in [1.82, 2.24) is 29.2 Å². The Morgan fingerprint density at radius 3 is 2.62 bits per heavy atom. The molecular formula is C29H35N8OP. The number of hydrogen-bond donors (Lipinski definition) is 0. The Morgan fingerprint density at radius 2 is 1.87 bits per heavy atom. The van der Waals surface area contributed by atoms with E-state index in [1.165, 1.54) is 17.7 Å². The van der Waals surface area contributed by atoms with Crippen molar-refractivity contribution in [3.8, 4) is 5.82 Å². The molecular weight excluding hydrogens is 507 g/mol. The van der Waals surface area contributed by atoms with E-state index in [2.05, 4.69) is 75.1 Å². The highest BCUT2D eigenvalue weighted by atomic mass is 31.0. The van der Waals surface area contributed by atoms with Crippen molar-refractivity contribution < 1.29 is 0 Å². The van der Waals surface area contributed by atoms with Crippen LogP contribution in [0.2, 0.25) is 0 Å². The Bertz CT molecular complexity index is 1570. The summed E-state index contributed by atoms with van der Waals surface area (Å²) in [6.07, 6.45) is 6.68. The number of rotatable bonds is 6. The Balaban J connectivity index is 1.38. The zero-order valence-electron chi connectivity index (χ0n) is 22.6. The van der Waals surface area contributed by atoms with Crippen LogP contribution in [0, 0.1) is 0 Å². The molecule has 1 fully saturated rings. The quantitative estimate of drug-likeness (QED) is 0.266. The van der Waals surface area contributed by atoms with Crippen molar-refractivity contribution in [3.63, 3.8) is 0 Å². The van der Waals surface area contributed by atoms with Gasteiger partial charge in [0.15, 0.2) is 11.5 Å². The number of benzene rings is 1. The van der Waals surface area contributed by atoms with Crippen LogP contribution in [-0.4, -0.2) is 62.4 Å². The van der Waals surface area contributed by atoms with Crippen molar-refractivity contribution in [3.05, 3.63) is 76.9 Å². The summed E-state index contributed by atoms with van der Waals surface area (Å²) < 4.78 is 5.33. The van der Waals surface area contributed by atoms with Gasteiger partial charge in [0.2, 0.25) is 5.95 Å². The lowest BCUT2D eigenvalue weighted by atomic mass is 9.88. The maximum atomic E-state index is 13.4. The molecule has 4 aromatic rings. The van der Waals surface area contributed by atoms with Crippen LogP contribution < -0.4 is 15.1 Å². The molecule has 0 bridgehead atoms. The number of aryl methyl sites for hydroxylation is 1. The standard InChI is InChI=1S/C29H35N8OP/c1-4-14-35-28(38)24-19-30-29(37(39)23-11-9-22(10-12-23)34-17-15-33(3)16-18-34)32-27(24)36(35)25-13-8-21-7-5-6-20(2)26(21)31-25/h4,8-13,19-20H,1,5-7,14-18,39H2,2-3H3. The second-order valence-corrected chi connectivity index (χ2v) is 11.1. The first-order valence-electron chi connectivity index (χ1n) is 13.6. The van der Waals surface area contributed by atoms with Crippen molar-refractivity contribution in [1.29, 1.82) is 0 Å². The second-order valence-electron chi connectivity index (χ2n) is 10.6. The third-order valence-electron chi connectivity index (χ3n) is 7.94. The smallest absolute Gasteiger partial charge is 0.278 e. The molecule has 3 aromatic heterocycles. The third-order valence-corrected chi connectivity index (χ3v) is 8.47. The molecule has 0 N–H and O–H groups in total. The van der Waals surface area contributed by atoms with Gasteiger partial charge in [-0.25, -0.2) is 19.3 Å². The average molecular weight is 543 g/mol. The Hall–Kier alpha value is -3.55. The van der Waals surface area contributed by atoms with Crippen LogP contribution in [0.4, 0.5) is 17.3 Å². The molecule has 0 amide bonds. The van der Waals surface area contributed by atoms with Crippen LogP contribution in [0.5, 0.6) is 0 Å². The molecule has 2 unspecified atom stereocenters. The predicted molar refractivity (Wildman–Crippen MR) is 160 cm³/mol. The van der Waals surface area contributed by atoms with Gasteiger partial charge >= 0.3 is 0 Å². The third kappa shape index (κ3) is 4.74. The summed E-state index contributed by atoms with van der Waals surface area (Å²) >= 11 is 0. The summed E-state index contributed by atoms with van der Waals surface area (Å²) in [4.78, 5) is 32.6. The SMILES string of the molecule is C=CCn1c(=O)c2cnc(N(P)c3ccc(N4CCN(C)CC4)cc3)nc2n1-c1ccc2c(n1)C(C)CCC2. The van der Waals surface area contributed by atoms with Gasteiger partial charge in [0, 0.05) is 49.4 Å². The molecule has 2 atom stereocenters. The number of piperazine rings is 1.